The zero-order valence-electron chi connectivity index (χ0n) is 30.8. The molecule has 1 aliphatic carbocycles. The molecule has 0 spiro atoms. The molecule has 9 N–H and O–H groups in total. The van der Waals surface area contributed by atoms with Gasteiger partial charge in [0.15, 0.2) is 0 Å². The molecule has 298 valence electrons. The summed E-state index contributed by atoms with van der Waals surface area (Å²) in [6.45, 7) is 3.61. The standard InChI is InChI=1S/C37H68NO12P/c1-3-5-7-9-11-13-15-16-18-20-22-24-28(39)26-31(41)38-29(30(40)25-23-21-19-17-14-12-10-8-6-4-2)27-49-51(47,48)50-37-35(45)33(43)32(42)34(44)36(37)46/h16,18,22-25,28-30,32-37,39-40,42-46H,3-15,17,19-21,26-27H2,1-2H3,(H,38,41)(H,47,48)/b18-16-,24-22-,25-23+. The number of allylic oxidation sites excluding steroid dienone is 4. The van der Waals surface area contributed by atoms with Crippen molar-refractivity contribution in [2.24, 2.45) is 0 Å². The third kappa shape index (κ3) is 21.1. The zero-order chi connectivity index (χ0) is 38.1. The summed E-state index contributed by atoms with van der Waals surface area (Å²) in [5.41, 5.74) is 0. The quantitative estimate of drug-likeness (QED) is 0.0297. The first-order valence-corrected chi connectivity index (χ1v) is 20.5. The van der Waals surface area contributed by atoms with E-state index in [1.165, 1.54) is 76.4 Å². The maximum atomic E-state index is 12.8. The van der Waals surface area contributed by atoms with Crippen LogP contribution in [0.25, 0.3) is 0 Å². The summed E-state index contributed by atoms with van der Waals surface area (Å²) in [5.74, 6) is -0.665. The second-order valence-electron chi connectivity index (χ2n) is 13.6. The molecule has 1 rings (SSSR count). The van der Waals surface area contributed by atoms with E-state index in [2.05, 4.69) is 25.2 Å². The van der Waals surface area contributed by atoms with E-state index in [-0.39, 0.29) is 6.42 Å². The second kappa shape index (κ2) is 28.0. The van der Waals surface area contributed by atoms with Crippen molar-refractivity contribution in [2.75, 3.05) is 6.61 Å². The van der Waals surface area contributed by atoms with Gasteiger partial charge in [-0.2, -0.15) is 0 Å². The predicted octanol–water partition coefficient (Wildman–Crippen LogP) is 4.24. The molecule has 13 nitrogen and oxygen atoms in total. The molecule has 0 aromatic carbocycles. The molecule has 0 aliphatic heterocycles. The number of amides is 1. The SMILES string of the molecule is CCCCCCCC/C=C\C/C=C\C(O)CC(=O)NC(COP(=O)(O)OC1C(O)C(O)C(O)C(O)C1O)C(O)/C=C/CCCCCCCCCC. The molecular weight excluding hydrogens is 681 g/mol. The summed E-state index contributed by atoms with van der Waals surface area (Å²) in [6.07, 6.45) is 14.4. The molecule has 0 radical (unpaired) electrons. The number of hydrogen-bond donors (Lipinski definition) is 9. The van der Waals surface area contributed by atoms with Gasteiger partial charge in [0.05, 0.1) is 31.3 Å². The van der Waals surface area contributed by atoms with Crippen molar-refractivity contribution in [3.05, 3.63) is 36.5 Å². The van der Waals surface area contributed by atoms with E-state index in [1.807, 2.05) is 6.08 Å². The van der Waals surface area contributed by atoms with E-state index in [9.17, 15) is 50.0 Å². The Bertz CT molecular complexity index is 1030. The first-order chi connectivity index (χ1) is 24.3. The van der Waals surface area contributed by atoms with Crippen molar-refractivity contribution in [1.82, 2.24) is 5.32 Å². The molecule has 1 fully saturated rings. The number of aliphatic hydroxyl groups is 7. The number of aliphatic hydroxyl groups excluding tert-OH is 7. The number of carbonyl (C=O) groups is 1. The average molecular weight is 750 g/mol. The number of nitrogens with one attached hydrogen (secondary N) is 1. The lowest BCUT2D eigenvalue weighted by Gasteiger charge is -2.41. The van der Waals surface area contributed by atoms with Crippen molar-refractivity contribution >= 4 is 13.7 Å². The molecule has 0 bridgehead atoms. The van der Waals surface area contributed by atoms with Gasteiger partial charge in [-0.1, -0.05) is 127 Å². The largest absolute Gasteiger partial charge is 0.472 e. The van der Waals surface area contributed by atoms with Gasteiger partial charge in [0.25, 0.3) is 0 Å². The van der Waals surface area contributed by atoms with Gasteiger partial charge in [-0.3, -0.25) is 13.8 Å². The van der Waals surface area contributed by atoms with Crippen LogP contribution in [0.5, 0.6) is 0 Å². The zero-order valence-corrected chi connectivity index (χ0v) is 31.6. The van der Waals surface area contributed by atoms with E-state index in [0.29, 0.717) is 12.8 Å². The van der Waals surface area contributed by atoms with Gasteiger partial charge in [0.2, 0.25) is 5.91 Å². The maximum Gasteiger partial charge on any atom is 0.472 e. The highest BCUT2D eigenvalue weighted by molar-refractivity contribution is 7.47. The molecule has 51 heavy (non-hydrogen) atoms. The Morgan fingerprint density at radius 2 is 1.18 bits per heavy atom. The highest BCUT2D eigenvalue weighted by Crippen LogP contribution is 2.47. The van der Waals surface area contributed by atoms with Crippen LogP contribution in [0, 0.1) is 0 Å². The third-order valence-corrected chi connectivity index (χ3v) is 9.96. The van der Waals surface area contributed by atoms with Crippen LogP contribution < -0.4 is 5.32 Å². The van der Waals surface area contributed by atoms with Gasteiger partial charge < -0.3 is 46.0 Å². The molecule has 1 saturated carbocycles. The number of phosphoric acid groups is 1. The van der Waals surface area contributed by atoms with Crippen molar-refractivity contribution in [3.63, 3.8) is 0 Å². The molecule has 8 unspecified atom stereocenters. The highest BCUT2D eigenvalue weighted by atomic mass is 31.2. The minimum Gasteiger partial charge on any atom is -0.389 e. The molecule has 1 aliphatic rings. The first-order valence-electron chi connectivity index (χ1n) is 19.0. The minimum atomic E-state index is -5.14. The van der Waals surface area contributed by atoms with Gasteiger partial charge >= 0.3 is 7.82 Å². The molecular formula is C37H68NO12P. The fraction of sp³-hybridized carbons (Fsp3) is 0.811. The predicted molar refractivity (Wildman–Crippen MR) is 197 cm³/mol. The number of unbranched alkanes of at least 4 members (excludes halogenated alkanes) is 14. The number of hydrogen-bond acceptors (Lipinski definition) is 11. The van der Waals surface area contributed by atoms with Crippen LogP contribution in [-0.4, -0.2) is 108 Å². The Kier molecular flexibility index (Phi) is 26.1. The Labute approximate surface area is 305 Å². The summed E-state index contributed by atoms with van der Waals surface area (Å²) in [5, 5.41) is 73.7. The third-order valence-electron chi connectivity index (χ3n) is 8.98. The van der Waals surface area contributed by atoms with Crippen molar-refractivity contribution in [1.29, 1.82) is 0 Å². The van der Waals surface area contributed by atoms with Crippen LogP contribution in [0.4, 0.5) is 0 Å². The number of carbonyl (C=O) groups excluding carboxylic acids is 1. The molecule has 0 heterocycles. The minimum absolute atomic E-state index is 0.352. The molecule has 14 heteroatoms. The lowest BCUT2D eigenvalue weighted by atomic mass is 9.85. The van der Waals surface area contributed by atoms with E-state index in [4.69, 9.17) is 9.05 Å². The van der Waals surface area contributed by atoms with Gasteiger partial charge in [-0.05, 0) is 32.1 Å². The van der Waals surface area contributed by atoms with Gasteiger partial charge in [-0.15, -0.1) is 0 Å². The summed E-state index contributed by atoms with van der Waals surface area (Å²) < 4.78 is 22.6. The lowest BCUT2D eigenvalue weighted by molar-refractivity contribution is -0.220. The summed E-state index contributed by atoms with van der Waals surface area (Å²) in [7, 11) is -5.14. The van der Waals surface area contributed by atoms with E-state index in [1.54, 1.807) is 12.2 Å². The van der Waals surface area contributed by atoms with E-state index >= 15 is 0 Å². The Hall–Kier alpha value is -1.48. The second-order valence-corrected chi connectivity index (χ2v) is 15.0. The number of phosphoric ester groups is 1. The normalized spacial score (nSPS) is 25.8. The van der Waals surface area contributed by atoms with E-state index in [0.717, 1.165) is 32.1 Å². The van der Waals surface area contributed by atoms with Crippen LogP contribution in [-0.2, 0) is 18.4 Å². The smallest absolute Gasteiger partial charge is 0.389 e. The van der Waals surface area contributed by atoms with Crippen LogP contribution in [0.1, 0.15) is 129 Å². The summed E-state index contributed by atoms with van der Waals surface area (Å²) in [6, 6.07) is -1.27. The molecule has 1 amide bonds. The van der Waals surface area contributed by atoms with Gasteiger partial charge in [0.1, 0.15) is 36.6 Å². The average Bonchev–Trinajstić information content (AvgIpc) is 3.09. The van der Waals surface area contributed by atoms with Crippen LogP contribution in [0.2, 0.25) is 0 Å². The molecule has 0 aromatic rings. The molecule has 8 atom stereocenters. The van der Waals surface area contributed by atoms with Crippen LogP contribution in [0.15, 0.2) is 36.5 Å². The monoisotopic (exact) mass is 749 g/mol. The van der Waals surface area contributed by atoms with Crippen molar-refractivity contribution < 1.29 is 59.0 Å². The fourth-order valence-electron chi connectivity index (χ4n) is 5.77. The lowest BCUT2D eigenvalue weighted by Crippen LogP contribution is -2.64. The Morgan fingerprint density at radius 3 is 1.73 bits per heavy atom. The Morgan fingerprint density at radius 1 is 0.686 bits per heavy atom. The van der Waals surface area contributed by atoms with Crippen molar-refractivity contribution in [2.45, 2.75) is 184 Å². The van der Waals surface area contributed by atoms with Crippen LogP contribution >= 0.6 is 7.82 Å². The topological polar surface area (TPSA) is 226 Å². The van der Waals surface area contributed by atoms with Crippen molar-refractivity contribution in [3.8, 4) is 0 Å². The van der Waals surface area contributed by atoms with Gasteiger partial charge in [-0.25, -0.2) is 4.57 Å². The Balaban J connectivity index is 2.73. The summed E-state index contributed by atoms with van der Waals surface area (Å²) in [4.78, 5) is 23.2. The molecule has 0 aromatic heterocycles. The fourth-order valence-corrected chi connectivity index (χ4v) is 6.73. The highest BCUT2D eigenvalue weighted by Gasteiger charge is 2.51. The number of rotatable bonds is 29. The van der Waals surface area contributed by atoms with E-state index < -0.39 is 75.2 Å². The van der Waals surface area contributed by atoms with Gasteiger partial charge in [0, 0.05) is 0 Å². The van der Waals surface area contributed by atoms with Crippen LogP contribution in [0.3, 0.4) is 0 Å². The summed E-state index contributed by atoms with van der Waals surface area (Å²) >= 11 is 0. The maximum absolute atomic E-state index is 12.8. The molecule has 0 saturated heterocycles. The first kappa shape index (κ1) is 47.5.